The van der Waals surface area contributed by atoms with Crippen molar-refractivity contribution in [2.24, 2.45) is 11.3 Å². The summed E-state index contributed by atoms with van der Waals surface area (Å²) in [4.78, 5) is 63.8. The number of ether oxygens (including phenoxy) is 1. The first kappa shape index (κ1) is 29.2. The lowest BCUT2D eigenvalue weighted by Gasteiger charge is -2.36. The first-order valence-electron chi connectivity index (χ1n) is 13.0. The fourth-order valence-corrected chi connectivity index (χ4v) is 7.55. The molecule has 0 bridgehead atoms. The Bertz CT molecular complexity index is 975. The highest BCUT2D eigenvalue weighted by molar-refractivity contribution is 7.61. The molecule has 0 radical (unpaired) electrons. The average molecular weight is 541 g/mol. The molecule has 2 aliphatic carbocycles. The molecule has 1 saturated heterocycles. The number of likely N-dealkylation sites (tertiary alicyclic amines) is 1. The first-order chi connectivity index (χ1) is 17.3. The van der Waals surface area contributed by atoms with Gasteiger partial charge in [-0.2, -0.15) is 0 Å². The van der Waals surface area contributed by atoms with E-state index in [0.717, 1.165) is 25.7 Å². The predicted molar refractivity (Wildman–Crippen MR) is 138 cm³/mol. The van der Waals surface area contributed by atoms with Crippen molar-refractivity contribution < 1.29 is 33.4 Å². The van der Waals surface area contributed by atoms with Crippen LogP contribution < -0.4 is 16.0 Å². The normalized spacial score (nSPS) is 28.1. The van der Waals surface area contributed by atoms with Gasteiger partial charge >= 0.3 is 6.09 Å². The summed E-state index contributed by atoms with van der Waals surface area (Å²) in [5, 5.41) is 6.30. The molecule has 3 fully saturated rings. The van der Waals surface area contributed by atoms with Crippen LogP contribution in [0.4, 0.5) is 4.79 Å². The van der Waals surface area contributed by atoms with Crippen LogP contribution in [0.5, 0.6) is 0 Å². The lowest BCUT2D eigenvalue weighted by molar-refractivity contribution is -0.142. The molecule has 0 aromatic rings. The molecule has 5 atom stereocenters. The van der Waals surface area contributed by atoms with Gasteiger partial charge in [0.2, 0.25) is 25.1 Å². The minimum atomic E-state index is -4.14. The van der Waals surface area contributed by atoms with Crippen LogP contribution in [0.3, 0.4) is 0 Å². The quantitative estimate of drug-likeness (QED) is 0.258. The summed E-state index contributed by atoms with van der Waals surface area (Å²) < 4.78 is 18.7. The maximum atomic E-state index is 13.7. The fraction of sp³-hybridized carbons (Fsp3) is 0.760. The molecule has 0 spiro atoms. The fourth-order valence-electron chi connectivity index (χ4n) is 5.33. The van der Waals surface area contributed by atoms with Crippen molar-refractivity contribution in [2.75, 3.05) is 19.8 Å². The number of hydrogen-bond acceptors (Lipinski definition) is 6. The van der Waals surface area contributed by atoms with Crippen LogP contribution >= 0.6 is 7.37 Å². The van der Waals surface area contributed by atoms with Gasteiger partial charge in [-0.05, 0) is 50.4 Å². The lowest BCUT2D eigenvalue weighted by atomic mass is 9.85. The van der Waals surface area contributed by atoms with Gasteiger partial charge in [0, 0.05) is 19.5 Å². The van der Waals surface area contributed by atoms with Crippen molar-refractivity contribution in [3.63, 3.8) is 0 Å². The molecule has 0 aromatic heterocycles. The minimum absolute atomic E-state index is 0.155. The van der Waals surface area contributed by atoms with Crippen molar-refractivity contribution >= 4 is 31.2 Å². The summed E-state index contributed by atoms with van der Waals surface area (Å²) in [6, 6.07) is -1.80. The summed E-state index contributed by atoms with van der Waals surface area (Å²) in [5.41, 5.74) is -0.657. The maximum absolute atomic E-state index is 13.7. The third-order valence-corrected chi connectivity index (χ3v) is 10.2. The number of rotatable bonds is 9. The van der Waals surface area contributed by atoms with Crippen molar-refractivity contribution in [1.82, 2.24) is 20.9 Å². The van der Waals surface area contributed by atoms with Gasteiger partial charge in [-0.1, -0.05) is 26.8 Å². The van der Waals surface area contributed by atoms with E-state index in [2.05, 4.69) is 22.5 Å². The molecule has 37 heavy (non-hydrogen) atoms. The van der Waals surface area contributed by atoms with Crippen molar-refractivity contribution in [3.8, 4) is 0 Å². The van der Waals surface area contributed by atoms with E-state index in [4.69, 9.17) is 4.74 Å². The second kappa shape index (κ2) is 11.2. The zero-order chi connectivity index (χ0) is 27.6. The Balaban J connectivity index is 1.74. The number of nitrogens with zero attached hydrogens (tertiary/aromatic N) is 1. The highest BCUT2D eigenvalue weighted by Crippen LogP contribution is 2.69. The Labute approximate surface area is 218 Å². The van der Waals surface area contributed by atoms with E-state index >= 15 is 0 Å². The van der Waals surface area contributed by atoms with Gasteiger partial charge in [-0.15, -0.1) is 6.58 Å². The van der Waals surface area contributed by atoms with Crippen LogP contribution in [0.15, 0.2) is 12.7 Å². The smallest absolute Gasteiger partial charge is 0.408 e. The van der Waals surface area contributed by atoms with Crippen LogP contribution in [0.25, 0.3) is 0 Å². The number of hydrogen-bond donors (Lipinski definition) is 4. The van der Waals surface area contributed by atoms with Gasteiger partial charge in [0.25, 0.3) is 0 Å². The van der Waals surface area contributed by atoms with Crippen LogP contribution in [-0.2, 0) is 23.7 Å². The number of carbonyl (C=O) groups excluding carboxylic acids is 4. The molecule has 3 aliphatic rings. The Hall–Kier alpha value is -2.39. The Morgan fingerprint density at radius 1 is 1.19 bits per heavy atom. The summed E-state index contributed by atoms with van der Waals surface area (Å²) in [6.07, 6.45) is 4.81. The minimum Gasteiger partial charge on any atom is -0.446 e. The average Bonchev–Trinajstić information content (AvgIpc) is 3.16. The third-order valence-electron chi connectivity index (χ3n) is 7.66. The van der Waals surface area contributed by atoms with Gasteiger partial charge in [-0.25, -0.2) is 4.79 Å². The molecule has 2 saturated carbocycles. The van der Waals surface area contributed by atoms with Crippen molar-refractivity contribution in [3.05, 3.63) is 12.7 Å². The van der Waals surface area contributed by atoms with Gasteiger partial charge in [0.05, 0.1) is 0 Å². The second-order valence-corrected chi connectivity index (χ2v) is 14.0. The van der Waals surface area contributed by atoms with Crippen LogP contribution in [0, 0.1) is 11.3 Å². The van der Waals surface area contributed by atoms with E-state index in [0.29, 0.717) is 19.4 Å². The summed E-state index contributed by atoms with van der Waals surface area (Å²) >= 11 is 0. The van der Waals surface area contributed by atoms with Gasteiger partial charge in [0.1, 0.15) is 29.6 Å². The monoisotopic (exact) mass is 540 g/mol. The van der Waals surface area contributed by atoms with Gasteiger partial charge in [-0.3, -0.25) is 18.9 Å². The van der Waals surface area contributed by atoms with E-state index in [1.807, 2.05) is 20.8 Å². The molecule has 208 valence electrons. The van der Waals surface area contributed by atoms with Crippen molar-refractivity contribution in [1.29, 1.82) is 0 Å². The number of nitrogens with one attached hydrogen (secondary N) is 3. The van der Waals surface area contributed by atoms with Gasteiger partial charge in [0.15, 0.2) is 0 Å². The van der Waals surface area contributed by atoms with E-state index in [-0.39, 0.29) is 12.5 Å². The van der Waals surface area contributed by atoms with E-state index in [1.165, 1.54) is 18.0 Å². The maximum Gasteiger partial charge on any atom is 0.408 e. The van der Waals surface area contributed by atoms with E-state index in [9.17, 15) is 28.6 Å². The Morgan fingerprint density at radius 2 is 1.84 bits per heavy atom. The summed E-state index contributed by atoms with van der Waals surface area (Å²) in [5.74, 6) is -2.02. The molecule has 12 heteroatoms. The molecule has 2 unspecified atom stereocenters. The Morgan fingerprint density at radius 3 is 2.38 bits per heavy atom. The highest BCUT2D eigenvalue weighted by Gasteiger charge is 2.66. The number of amides is 4. The third kappa shape index (κ3) is 6.37. The molecule has 3 rings (SSSR count). The SMILES string of the molecule is C=C[C@@H]1C[C@]1(NC(=O)[C@@H]1CCCN1C(=O)C(NC(=O)OC1CCCC1)C(C)(C)C)P(=O)(O)CC(=O)NC. The molecule has 4 amide bonds. The topological polar surface area (TPSA) is 154 Å². The van der Waals surface area contributed by atoms with Gasteiger partial charge < -0.3 is 30.5 Å². The van der Waals surface area contributed by atoms with Crippen LogP contribution in [-0.4, -0.2) is 76.8 Å². The first-order valence-corrected chi connectivity index (χ1v) is 14.8. The summed E-state index contributed by atoms with van der Waals surface area (Å²) in [6.45, 7) is 9.48. The molecular formula is C25H41N4O7P. The van der Waals surface area contributed by atoms with Crippen LogP contribution in [0.1, 0.15) is 65.7 Å². The molecule has 1 heterocycles. The van der Waals surface area contributed by atoms with E-state index in [1.54, 1.807) is 0 Å². The van der Waals surface area contributed by atoms with Crippen molar-refractivity contribution in [2.45, 2.75) is 89.2 Å². The standard InChI is InChI=1S/C25H41N4O7P/c1-6-16-14-25(16,37(34,35)15-19(30)26-5)28-21(31)18-12-9-13-29(18)22(32)20(24(2,3)4)27-23(33)36-17-10-7-8-11-17/h6,16-18,20H,1,7-15H2,2-5H3,(H,26,30)(H,27,33)(H,28,31)(H,34,35)/t16-,18+,20?,25+/m1/s1. The molecule has 11 nitrogen and oxygen atoms in total. The molecule has 4 N–H and O–H groups in total. The largest absolute Gasteiger partial charge is 0.446 e. The molecular weight excluding hydrogens is 499 g/mol. The number of carbonyl (C=O) groups is 4. The zero-order valence-electron chi connectivity index (χ0n) is 22.2. The molecule has 1 aliphatic heterocycles. The second-order valence-electron chi connectivity index (χ2n) is 11.4. The predicted octanol–water partition coefficient (Wildman–Crippen LogP) is 2.10. The molecule has 0 aromatic carbocycles. The zero-order valence-corrected chi connectivity index (χ0v) is 23.1. The highest BCUT2D eigenvalue weighted by atomic mass is 31.2. The lowest BCUT2D eigenvalue weighted by Crippen LogP contribution is -2.58. The summed E-state index contributed by atoms with van der Waals surface area (Å²) in [7, 11) is -2.77. The van der Waals surface area contributed by atoms with E-state index < -0.39 is 66.0 Å². The Kier molecular flexibility index (Phi) is 8.79. The number of alkyl carbamates (subject to hydrolysis) is 1. The van der Waals surface area contributed by atoms with Crippen LogP contribution in [0.2, 0.25) is 0 Å².